The molecule has 0 bridgehead atoms. The zero-order chi connectivity index (χ0) is 19.0. The molecule has 0 aromatic heterocycles. The Hall–Kier alpha value is -1.91. The number of carboxylic acids is 2. The van der Waals surface area contributed by atoms with Crippen molar-refractivity contribution in [3.05, 3.63) is 23.8 Å². The summed E-state index contributed by atoms with van der Waals surface area (Å²) >= 11 is 0. The molecular weight excluding hydrogens is 320 g/mol. The summed E-state index contributed by atoms with van der Waals surface area (Å²) in [5.74, 6) is -1.90. The molecule has 0 aromatic rings. The first kappa shape index (κ1) is 19.4. The van der Waals surface area contributed by atoms with Crippen LogP contribution >= 0.6 is 0 Å². The van der Waals surface area contributed by atoms with Crippen molar-refractivity contribution in [2.24, 2.45) is 22.7 Å². The Bertz CT molecular complexity index is 646. The second-order valence-electron chi connectivity index (χ2n) is 8.29. The maximum Gasteiger partial charge on any atom is 0.328 e. The van der Waals surface area contributed by atoms with E-state index in [4.69, 9.17) is 5.11 Å². The summed E-state index contributed by atoms with van der Waals surface area (Å²) < 4.78 is 0. The lowest BCUT2D eigenvalue weighted by Gasteiger charge is -2.56. The molecule has 2 N–H and O–H groups in total. The third-order valence-electron chi connectivity index (χ3n) is 6.44. The van der Waals surface area contributed by atoms with Crippen molar-refractivity contribution in [3.8, 4) is 0 Å². The number of hydrogen-bond donors (Lipinski definition) is 2. The number of carbonyl (C=O) groups is 3. The molecule has 0 amide bonds. The minimum absolute atomic E-state index is 0.00106. The fourth-order valence-corrected chi connectivity index (χ4v) is 5.27. The predicted molar refractivity (Wildman–Crippen MR) is 94.1 cm³/mol. The van der Waals surface area contributed by atoms with Gasteiger partial charge in [0, 0.05) is 18.9 Å². The van der Waals surface area contributed by atoms with Gasteiger partial charge in [-0.05, 0) is 56.8 Å². The molecule has 2 rings (SSSR count). The Morgan fingerprint density at radius 3 is 2.48 bits per heavy atom. The molecule has 5 heteroatoms. The normalized spacial score (nSPS) is 36.0. The molecule has 0 aromatic carbocycles. The molecular formula is C20H28O5. The van der Waals surface area contributed by atoms with Gasteiger partial charge in [-0.2, -0.15) is 0 Å². The van der Waals surface area contributed by atoms with Crippen LogP contribution in [0.3, 0.4) is 0 Å². The average Bonchev–Trinajstić information content (AvgIpc) is 2.44. The van der Waals surface area contributed by atoms with Crippen molar-refractivity contribution in [1.29, 1.82) is 0 Å². The molecule has 2 fully saturated rings. The lowest BCUT2D eigenvalue weighted by atomic mass is 9.46. The minimum Gasteiger partial charge on any atom is -0.481 e. The zero-order valence-corrected chi connectivity index (χ0v) is 15.3. The Morgan fingerprint density at radius 1 is 1.28 bits per heavy atom. The average molecular weight is 348 g/mol. The van der Waals surface area contributed by atoms with E-state index in [0.717, 1.165) is 24.0 Å². The fraction of sp³-hybridized carbons (Fsp3) is 0.650. The molecule has 138 valence electrons. The number of aliphatic carboxylic acids is 2. The van der Waals surface area contributed by atoms with Gasteiger partial charge in [0.15, 0.2) is 0 Å². The van der Waals surface area contributed by atoms with Crippen molar-refractivity contribution >= 4 is 17.7 Å². The Kier molecular flexibility index (Phi) is 5.26. The minimum atomic E-state index is -1.03. The molecule has 0 spiro atoms. The van der Waals surface area contributed by atoms with E-state index in [1.165, 1.54) is 6.08 Å². The standard InChI is InChI=1S/C20H28O5/c1-12(9-17(22)23)5-7-15-13(2)6-8-16-19(15,3)10-14(21)11-20(16,4)18(24)25/h9,15-16H,2,5-8,10-11H2,1,3-4H3,(H,22,23)(H,24,25)/b12-9+/t15-,16+,19+,20-/m0/s1. The number of allylic oxidation sites excluding steroid dienone is 2. The summed E-state index contributed by atoms with van der Waals surface area (Å²) in [7, 11) is 0. The van der Waals surface area contributed by atoms with Crippen LogP contribution in [-0.4, -0.2) is 27.9 Å². The van der Waals surface area contributed by atoms with E-state index in [-0.39, 0.29) is 24.0 Å². The lowest BCUT2D eigenvalue weighted by Crippen LogP contribution is -2.55. The molecule has 0 saturated heterocycles. The number of hydrogen-bond acceptors (Lipinski definition) is 3. The molecule has 2 aliphatic carbocycles. The maximum absolute atomic E-state index is 12.4. The molecule has 2 aliphatic rings. The molecule has 25 heavy (non-hydrogen) atoms. The van der Waals surface area contributed by atoms with E-state index in [1.807, 2.05) is 6.92 Å². The van der Waals surface area contributed by atoms with Crippen molar-refractivity contribution in [3.63, 3.8) is 0 Å². The second-order valence-corrected chi connectivity index (χ2v) is 8.29. The van der Waals surface area contributed by atoms with Crippen LogP contribution in [0.4, 0.5) is 0 Å². The third-order valence-corrected chi connectivity index (χ3v) is 6.44. The first-order chi connectivity index (χ1) is 11.5. The van der Waals surface area contributed by atoms with E-state index in [0.29, 0.717) is 19.3 Å². The zero-order valence-electron chi connectivity index (χ0n) is 15.3. The summed E-state index contributed by atoms with van der Waals surface area (Å²) in [6.07, 6.45) is 4.50. The van der Waals surface area contributed by atoms with Crippen LogP contribution in [0.25, 0.3) is 0 Å². The van der Waals surface area contributed by atoms with Crippen LogP contribution in [-0.2, 0) is 14.4 Å². The summed E-state index contributed by atoms with van der Waals surface area (Å²) in [6, 6.07) is 0. The van der Waals surface area contributed by atoms with Crippen LogP contribution in [0.15, 0.2) is 23.8 Å². The van der Waals surface area contributed by atoms with Gasteiger partial charge in [-0.3, -0.25) is 9.59 Å². The van der Waals surface area contributed by atoms with E-state index in [1.54, 1.807) is 13.8 Å². The van der Waals surface area contributed by atoms with Gasteiger partial charge in [0.25, 0.3) is 0 Å². The molecule has 2 saturated carbocycles. The molecule has 0 heterocycles. The highest BCUT2D eigenvalue weighted by Crippen LogP contribution is 2.61. The molecule has 0 aliphatic heterocycles. The van der Waals surface area contributed by atoms with Gasteiger partial charge in [-0.1, -0.05) is 24.6 Å². The van der Waals surface area contributed by atoms with Gasteiger partial charge < -0.3 is 10.2 Å². The monoisotopic (exact) mass is 348 g/mol. The second kappa shape index (κ2) is 6.77. The summed E-state index contributed by atoms with van der Waals surface area (Å²) in [5.41, 5.74) is 0.370. The van der Waals surface area contributed by atoms with Gasteiger partial charge in [0.05, 0.1) is 5.41 Å². The molecule has 0 unspecified atom stereocenters. The Balaban J connectivity index is 2.33. The van der Waals surface area contributed by atoms with E-state index in [2.05, 4.69) is 6.58 Å². The fourth-order valence-electron chi connectivity index (χ4n) is 5.27. The van der Waals surface area contributed by atoms with Gasteiger partial charge in [0.1, 0.15) is 5.78 Å². The highest BCUT2D eigenvalue weighted by molar-refractivity contribution is 5.88. The number of carbonyl (C=O) groups excluding carboxylic acids is 1. The van der Waals surface area contributed by atoms with Crippen LogP contribution in [0.2, 0.25) is 0 Å². The van der Waals surface area contributed by atoms with Crippen molar-refractivity contribution in [2.45, 2.75) is 59.3 Å². The van der Waals surface area contributed by atoms with Crippen LogP contribution < -0.4 is 0 Å². The van der Waals surface area contributed by atoms with Crippen molar-refractivity contribution < 1.29 is 24.6 Å². The van der Waals surface area contributed by atoms with E-state index in [9.17, 15) is 19.5 Å². The largest absolute Gasteiger partial charge is 0.481 e. The first-order valence-corrected chi connectivity index (χ1v) is 8.83. The Morgan fingerprint density at radius 2 is 1.92 bits per heavy atom. The topological polar surface area (TPSA) is 91.7 Å². The van der Waals surface area contributed by atoms with E-state index >= 15 is 0 Å². The number of Topliss-reactive ketones (excluding diaryl/α,β-unsaturated/α-hetero) is 1. The molecule has 4 atom stereocenters. The van der Waals surface area contributed by atoms with Gasteiger partial charge >= 0.3 is 11.9 Å². The van der Waals surface area contributed by atoms with Gasteiger partial charge in [-0.25, -0.2) is 4.79 Å². The van der Waals surface area contributed by atoms with Gasteiger partial charge in [-0.15, -0.1) is 0 Å². The van der Waals surface area contributed by atoms with Gasteiger partial charge in [0.2, 0.25) is 0 Å². The number of rotatable bonds is 5. The van der Waals surface area contributed by atoms with Crippen molar-refractivity contribution in [1.82, 2.24) is 0 Å². The smallest absolute Gasteiger partial charge is 0.328 e. The number of carboxylic acid groups (broad SMARTS) is 2. The number of ketones is 1. The first-order valence-electron chi connectivity index (χ1n) is 8.83. The SMILES string of the molecule is C=C1CC[C@@H]2[C@](C)(CC(=O)C[C@]2(C)C(=O)O)[C@H]1CC/C(C)=C/C(=O)O. The molecule has 5 nitrogen and oxygen atoms in total. The predicted octanol–water partition coefficient (Wildman–Crippen LogP) is 3.84. The van der Waals surface area contributed by atoms with Crippen LogP contribution in [0.1, 0.15) is 59.3 Å². The number of fused-ring (bicyclic) bond motifs is 1. The maximum atomic E-state index is 12.4. The van der Waals surface area contributed by atoms with E-state index < -0.39 is 22.8 Å². The van der Waals surface area contributed by atoms with Crippen molar-refractivity contribution in [2.75, 3.05) is 0 Å². The summed E-state index contributed by atoms with van der Waals surface area (Å²) in [5, 5.41) is 18.7. The summed E-state index contributed by atoms with van der Waals surface area (Å²) in [4.78, 5) is 35.2. The Labute approximate surface area is 148 Å². The molecule has 0 radical (unpaired) electrons. The van der Waals surface area contributed by atoms with Crippen LogP contribution in [0.5, 0.6) is 0 Å². The lowest BCUT2D eigenvalue weighted by molar-refractivity contribution is -0.168. The third kappa shape index (κ3) is 3.55. The highest BCUT2D eigenvalue weighted by atomic mass is 16.4. The highest BCUT2D eigenvalue weighted by Gasteiger charge is 2.59. The quantitative estimate of drug-likeness (QED) is 0.582. The summed E-state index contributed by atoms with van der Waals surface area (Å²) in [6.45, 7) is 9.71. The van der Waals surface area contributed by atoms with Crippen LogP contribution in [0, 0.1) is 22.7 Å².